The van der Waals surface area contributed by atoms with Crippen molar-refractivity contribution < 1.29 is 9.47 Å². The van der Waals surface area contributed by atoms with Gasteiger partial charge < -0.3 is 13.9 Å². The summed E-state index contributed by atoms with van der Waals surface area (Å²) in [6.45, 7) is 0.0844. The van der Waals surface area contributed by atoms with Crippen LogP contribution in [0.4, 0.5) is 0 Å². The summed E-state index contributed by atoms with van der Waals surface area (Å²) >= 11 is 0. The molecule has 2 aliphatic heterocycles. The second kappa shape index (κ2) is 5.73. The second-order valence-electron chi connectivity index (χ2n) is 9.28. The molecule has 4 heterocycles. The molecule has 3 nitrogen and oxygen atoms in total. The van der Waals surface area contributed by atoms with Gasteiger partial charge in [-0.05, 0) is 41.3 Å². The molecule has 0 saturated carbocycles. The molecular weight excluding hydrogens is 417 g/mol. The van der Waals surface area contributed by atoms with Crippen molar-refractivity contribution in [1.29, 1.82) is 0 Å². The van der Waals surface area contributed by atoms with E-state index in [9.17, 15) is 0 Å². The van der Waals surface area contributed by atoms with Crippen LogP contribution in [0.5, 0.6) is 23.0 Å². The van der Waals surface area contributed by atoms with Crippen LogP contribution in [0, 0.1) is 0 Å². The molecule has 0 bridgehead atoms. The number of fused-ring (bicyclic) bond motifs is 11. The Morgan fingerprint density at radius 2 is 1.26 bits per heavy atom. The van der Waals surface area contributed by atoms with E-state index in [1.54, 1.807) is 0 Å². The molecule has 0 N–H and O–H groups in total. The van der Waals surface area contributed by atoms with Crippen LogP contribution in [-0.4, -0.2) is 11.1 Å². The Hall–Kier alpha value is -4.44. The van der Waals surface area contributed by atoms with Crippen molar-refractivity contribution in [3.8, 4) is 23.0 Å². The average Bonchev–Trinajstić information content (AvgIpc) is 3.41. The largest absolute Gasteiger partial charge is 0.458 e. The molecule has 0 amide bonds. The first-order chi connectivity index (χ1) is 16.9. The van der Waals surface area contributed by atoms with Gasteiger partial charge in [0.2, 0.25) is 0 Å². The molecule has 4 heteroatoms. The van der Waals surface area contributed by atoms with Crippen LogP contribution in [0.1, 0.15) is 0 Å². The van der Waals surface area contributed by atoms with Gasteiger partial charge in [0.05, 0.1) is 21.9 Å². The van der Waals surface area contributed by atoms with Gasteiger partial charge in [-0.2, -0.15) is 0 Å². The third-order valence-corrected chi connectivity index (χ3v) is 7.66. The average molecular weight is 433 g/mol. The van der Waals surface area contributed by atoms with Crippen LogP contribution in [0.25, 0.3) is 38.1 Å². The summed E-state index contributed by atoms with van der Waals surface area (Å²) in [5, 5.41) is 4.99. The summed E-state index contributed by atoms with van der Waals surface area (Å²) in [5.74, 6) is 3.65. The van der Waals surface area contributed by atoms with Crippen molar-refractivity contribution in [1.82, 2.24) is 4.40 Å². The molecule has 156 valence electrons. The highest BCUT2D eigenvalue weighted by molar-refractivity contribution is 6.98. The van der Waals surface area contributed by atoms with Crippen molar-refractivity contribution in [3.05, 3.63) is 97.1 Å². The molecule has 2 aromatic heterocycles. The Morgan fingerprint density at radius 1 is 0.529 bits per heavy atom. The van der Waals surface area contributed by atoms with Gasteiger partial charge in [0.25, 0.3) is 6.71 Å². The van der Waals surface area contributed by atoms with E-state index in [-0.39, 0.29) is 6.71 Å². The van der Waals surface area contributed by atoms with Crippen LogP contribution in [0.2, 0.25) is 0 Å². The zero-order valence-electron chi connectivity index (χ0n) is 18.1. The smallest absolute Gasteiger partial charge is 0.260 e. The van der Waals surface area contributed by atoms with Gasteiger partial charge >= 0.3 is 0 Å². The van der Waals surface area contributed by atoms with Gasteiger partial charge in [-0.15, -0.1) is 0 Å². The van der Waals surface area contributed by atoms with E-state index < -0.39 is 0 Å². The fourth-order valence-electron chi connectivity index (χ4n) is 6.35. The van der Waals surface area contributed by atoms with Crippen LogP contribution in [-0.2, 0) is 0 Å². The first-order valence-electron chi connectivity index (χ1n) is 11.7. The molecule has 7 aromatic rings. The molecule has 0 saturated heterocycles. The summed E-state index contributed by atoms with van der Waals surface area (Å²) in [7, 11) is 0. The molecule has 0 fully saturated rings. The maximum atomic E-state index is 6.73. The lowest BCUT2D eigenvalue weighted by molar-refractivity contribution is 0.467. The van der Waals surface area contributed by atoms with Gasteiger partial charge in [0.1, 0.15) is 23.0 Å². The summed E-state index contributed by atoms with van der Waals surface area (Å²) in [5.41, 5.74) is 7.19. The van der Waals surface area contributed by atoms with E-state index >= 15 is 0 Å². The summed E-state index contributed by atoms with van der Waals surface area (Å²) in [6, 6.07) is 34.3. The zero-order chi connectivity index (χ0) is 22.0. The number of hydrogen-bond donors (Lipinski definition) is 0. The van der Waals surface area contributed by atoms with Crippen LogP contribution in [0.3, 0.4) is 0 Å². The highest BCUT2D eigenvalue weighted by Gasteiger charge is 2.40. The third-order valence-electron chi connectivity index (χ3n) is 7.66. The number of para-hydroxylation sites is 3. The first-order valence-corrected chi connectivity index (χ1v) is 11.7. The van der Waals surface area contributed by atoms with Crippen molar-refractivity contribution in [2.24, 2.45) is 0 Å². The standard InChI is InChI=1S/C30H16BNO2/c1-3-11-22-17(7-1)18-8-5-9-19-27-23(32(22)29(18)19)16-15-21-30(27)34-26-14-6-13-25-28(26)31(21)20-10-2-4-12-24(20)33-25/h1-16H. The van der Waals surface area contributed by atoms with Gasteiger partial charge in [-0.1, -0.05) is 66.7 Å². The number of aromatic nitrogens is 1. The third kappa shape index (κ3) is 1.85. The lowest BCUT2D eigenvalue weighted by atomic mass is 9.35. The predicted molar refractivity (Wildman–Crippen MR) is 139 cm³/mol. The fourth-order valence-corrected chi connectivity index (χ4v) is 6.35. The van der Waals surface area contributed by atoms with E-state index in [1.807, 2.05) is 18.2 Å². The topological polar surface area (TPSA) is 22.9 Å². The highest BCUT2D eigenvalue weighted by Crippen LogP contribution is 2.44. The minimum absolute atomic E-state index is 0.0844. The van der Waals surface area contributed by atoms with Gasteiger partial charge in [-0.25, -0.2) is 0 Å². The van der Waals surface area contributed by atoms with Crippen molar-refractivity contribution in [3.63, 3.8) is 0 Å². The summed E-state index contributed by atoms with van der Waals surface area (Å²) in [4.78, 5) is 0. The molecule has 0 spiro atoms. The minimum atomic E-state index is 0.0844. The van der Waals surface area contributed by atoms with Gasteiger partial charge in [0.15, 0.2) is 0 Å². The molecule has 0 radical (unpaired) electrons. The Morgan fingerprint density at radius 3 is 2.24 bits per heavy atom. The van der Waals surface area contributed by atoms with E-state index in [0.29, 0.717) is 0 Å². The maximum Gasteiger partial charge on any atom is 0.260 e. The fraction of sp³-hybridized carbons (Fsp3) is 0. The molecule has 0 aliphatic carbocycles. The Labute approximate surface area is 195 Å². The van der Waals surface area contributed by atoms with Crippen molar-refractivity contribution >= 4 is 61.2 Å². The number of rotatable bonds is 0. The van der Waals surface area contributed by atoms with E-state index in [4.69, 9.17) is 9.47 Å². The number of ether oxygens (including phenoxy) is 2. The number of hydrogen-bond acceptors (Lipinski definition) is 2. The predicted octanol–water partition coefficient (Wildman–Crippen LogP) is 5.56. The molecule has 0 atom stereocenters. The van der Waals surface area contributed by atoms with E-state index in [0.717, 1.165) is 28.5 Å². The van der Waals surface area contributed by atoms with Crippen LogP contribution < -0.4 is 25.9 Å². The number of nitrogens with zero attached hydrogens (tertiary/aromatic N) is 1. The highest BCUT2D eigenvalue weighted by atomic mass is 16.5. The van der Waals surface area contributed by atoms with Crippen LogP contribution >= 0.6 is 0 Å². The second-order valence-corrected chi connectivity index (χ2v) is 9.28. The van der Waals surface area contributed by atoms with Crippen molar-refractivity contribution in [2.75, 3.05) is 0 Å². The normalized spacial score (nSPS) is 13.7. The molecule has 34 heavy (non-hydrogen) atoms. The monoisotopic (exact) mass is 433 g/mol. The van der Waals surface area contributed by atoms with E-state index in [1.165, 1.54) is 49.0 Å². The van der Waals surface area contributed by atoms with E-state index in [2.05, 4.69) is 83.3 Å². The quantitative estimate of drug-likeness (QED) is 0.292. The lowest BCUT2D eigenvalue weighted by Gasteiger charge is -2.33. The lowest BCUT2D eigenvalue weighted by Crippen LogP contribution is -2.57. The zero-order valence-corrected chi connectivity index (χ0v) is 18.1. The van der Waals surface area contributed by atoms with Crippen molar-refractivity contribution in [2.45, 2.75) is 0 Å². The first kappa shape index (κ1) is 17.1. The molecule has 9 rings (SSSR count). The summed E-state index contributed by atoms with van der Waals surface area (Å²) < 4.78 is 15.4. The Balaban J connectivity index is 1.47. The molecule has 2 aliphatic rings. The Kier molecular flexibility index (Phi) is 2.88. The SMILES string of the molecule is c1ccc2c(c1)Oc1cccc3c1B2c1ccc2c(c1O3)c1cccc3c4ccccc4n2c31. The molecule has 5 aromatic carbocycles. The summed E-state index contributed by atoms with van der Waals surface area (Å²) in [6.07, 6.45) is 0. The van der Waals surface area contributed by atoms with Crippen LogP contribution in [0.15, 0.2) is 97.1 Å². The maximum absolute atomic E-state index is 6.73. The van der Waals surface area contributed by atoms with Gasteiger partial charge in [-0.3, -0.25) is 0 Å². The molecule has 0 unspecified atom stereocenters. The van der Waals surface area contributed by atoms with Gasteiger partial charge in [0, 0.05) is 21.6 Å². The minimum Gasteiger partial charge on any atom is -0.458 e. The Bertz CT molecular complexity index is 1990. The molecular formula is C30H16BNO2. The number of benzene rings is 5.